The molecule has 1 rings (SSSR count). The summed E-state index contributed by atoms with van der Waals surface area (Å²) >= 11 is 0. The first-order valence-electron chi connectivity index (χ1n) is 8.81. The number of carbonyl (C=O) groups is 2. The average molecular weight is 365 g/mol. The SMILES string of the molecule is CCC(CC)(CN)C(=O)NCc1ccc(OCC(=O)N(C)C)c(OC)c1. The van der Waals surface area contributed by atoms with Crippen LogP contribution in [0.3, 0.4) is 0 Å². The van der Waals surface area contributed by atoms with E-state index >= 15 is 0 Å². The van der Waals surface area contributed by atoms with Gasteiger partial charge >= 0.3 is 0 Å². The van der Waals surface area contributed by atoms with Gasteiger partial charge in [-0.05, 0) is 30.5 Å². The summed E-state index contributed by atoms with van der Waals surface area (Å²) in [5.74, 6) is 0.817. The van der Waals surface area contributed by atoms with Gasteiger partial charge in [-0.15, -0.1) is 0 Å². The lowest BCUT2D eigenvalue weighted by Crippen LogP contribution is -2.45. The Kier molecular flexibility index (Phi) is 8.38. The van der Waals surface area contributed by atoms with Crippen molar-refractivity contribution in [2.24, 2.45) is 11.1 Å². The molecule has 0 aliphatic rings. The number of rotatable bonds is 10. The molecule has 1 aromatic rings. The molecule has 26 heavy (non-hydrogen) atoms. The summed E-state index contributed by atoms with van der Waals surface area (Å²) in [6.45, 7) is 4.57. The predicted molar refractivity (Wildman–Crippen MR) is 101 cm³/mol. The van der Waals surface area contributed by atoms with Crippen molar-refractivity contribution in [3.8, 4) is 11.5 Å². The highest BCUT2D eigenvalue weighted by molar-refractivity contribution is 5.82. The predicted octanol–water partition coefficient (Wildman–Crippen LogP) is 1.54. The number of hydrogen-bond donors (Lipinski definition) is 2. The van der Waals surface area contributed by atoms with Crippen LogP contribution in [0, 0.1) is 5.41 Å². The number of nitrogens with zero attached hydrogens (tertiary/aromatic N) is 1. The Bertz CT molecular complexity index is 605. The zero-order valence-corrected chi connectivity index (χ0v) is 16.4. The maximum Gasteiger partial charge on any atom is 0.259 e. The molecule has 0 spiro atoms. The fourth-order valence-electron chi connectivity index (χ4n) is 2.53. The Morgan fingerprint density at radius 1 is 1.19 bits per heavy atom. The molecule has 1 aromatic carbocycles. The number of benzene rings is 1. The molecule has 2 amide bonds. The summed E-state index contributed by atoms with van der Waals surface area (Å²) in [5.41, 5.74) is 6.16. The molecule has 0 unspecified atom stereocenters. The molecule has 146 valence electrons. The maximum absolute atomic E-state index is 12.5. The Morgan fingerprint density at radius 2 is 1.85 bits per heavy atom. The molecule has 0 heterocycles. The van der Waals surface area contributed by atoms with Crippen LogP contribution in [-0.2, 0) is 16.1 Å². The summed E-state index contributed by atoms with van der Waals surface area (Å²) in [4.78, 5) is 25.6. The quantitative estimate of drug-likeness (QED) is 0.656. The Hall–Kier alpha value is -2.28. The molecule has 0 radical (unpaired) electrons. The second kappa shape index (κ2) is 10.0. The summed E-state index contributed by atoms with van der Waals surface area (Å²) in [6.07, 6.45) is 1.39. The summed E-state index contributed by atoms with van der Waals surface area (Å²) in [7, 11) is 4.87. The average Bonchev–Trinajstić information content (AvgIpc) is 2.66. The molecule has 0 aliphatic carbocycles. The second-order valence-corrected chi connectivity index (χ2v) is 6.44. The number of carbonyl (C=O) groups excluding carboxylic acids is 2. The zero-order chi connectivity index (χ0) is 19.7. The summed E-state index contributed by atoms with van der Waals surface area (Å²) in [6, 6.07) is 5.36. The van der Waals surface area contributed by atoms with E-state index in [1.807, 2.05) is 19.9 Å². The number of nitrogens with two attached hydrogens (primary N) is 1. The number of methoxy groups -OCH3 is 1. The van der Waals surface area contributed by atoms with E-state index in [2.05, 4.69) is 5.32 Å². The van der Waals surface area contributed by atoms with E-state index in [-0.39, 0.29) is 18.4 Å². The standard InChI is InChI=1S/C19H31N3O4/c1-6-19(7-2,13-20)18(24)21-11-14-8-9-15(16(10-14)25-5)26-12-17(23)22(3)4/h8-10H,6-7,11-13,20H2,1-5H3,(H,21,24). The van der Waals surface area contributed by atoms with Gasteiger partial charge in [0, 0.05) is 27.2 Å². The number of hydrogen-bond acceptors (Lipinski definition) is 5. The number of amides is 2. The van der Waals surface area contributed by atoms with Crippen molar-refractivity contribution < 1.29 is 19.1 Å². The third kappa shape index (κ3) is 5.36. The first-order chi connectivity index (χ1) is 12.3. The number of likely N-dealkylation sites (N-methyl/N-ethyl adjacent to an activating group) is 1. The minimum Gasteiger partial charge on any atom is -0.493 e. The largest absolute Gasteiger partial charge is 0.493 e. The topological polar surface area (TPSA) is 93.9 Å². The van der Waals surface area contributed by atoms with Gasteiger partial charge in [0.25, 0.3) is 5.91 Å². The van der Waals surface area contributed by atoms with Crippen LogP contribution in [0.15, 0.2) is 18.2 Å². The monoisotopic (exact) mass is 365 g/mol. The van der Waals surface area contributed by atoms with Gasteiger partial charge < -0.3 is 25.4 Å². The van der Waals surface area contributed by atoms with E-state index in [1.165, 1.54) is 12.0 Å². The molecule has 0 aliphatic heterocycles. The van der Waals surface area contributed by atoms with Gasteiger partial charge in [0.15, 0.2) is 18.1 Å². The molecular weight excluding hydrogens is 334 g/mol. The molecule has 7 nitrogen and oxygen atoms in total. The molecule has 0 atom stereocenters. The highest BCUT2D eigenvalue weighted by atomic mass is 16.5. The van der Waals surface area contributed by atoms with E-state index in [0.29, 0.717) is 37.4 Å². The summed E-state index contributed by atoms with van der Waals surface area (Å²) in [5, 5.41) is 2.95. The highest BCUT2D eigenvalue weighted by Crippen LogP contribution is 2.29. The third-order valence-corrected chi connectivity index (χ3v) is 4.76. The van der Waals surface area contributed by atoms with Gasteiger partial charge in [0.05, 0.1) is 12.5 Å². The van der Waals surface area contributed by atoms with Crippen LogP contribution >= 0.6 is 0 Å². The summed E-state index contributed by atoms with van der Waals surface area (Å²) < 4.78 is 10.9. The molecule has 0 saturated carbocycles. The molecule has 0 fully saturated rings. The van der Waals surface area contributed by atoms with Gasteiger partial charge in [-0.25, -0.2) is 0 Å². The van der Waals surface area contributed by atoms with Crippen LogP contribution in [0.2, 0.25) is 0 Å². The minimum absolute atomic E-state index is 0.0409. The number of ether oxygens (including phenoxy) is 2. The molecule has 0 aromatic heterocycles. The van der Waals surface area contributed by atoms with Crippen molar-refractivity contribution in [2.45, 2.75) is 33.2 Å². The Balaban J connectivity index is 2.78. The van der Waals surface area contributed by atoms with Crippen LogP contribution < -0.4 is 20.5 Å². The van der Waals surface area contributed by atoms with Crippen molar-refractivity contribution in [2.75, 3.05) is 34.4 Å². The van der Waals surface area contributed by atoms with Crippen LogP contribution in [0.5, 0.6) is 11.5 Å². The van der Waals surface area contributed by atoms with Crippen molar-refractivity contribution in [1.82, 2.24) is 10.2 Å². The molecule has 3 N–H and O–H groups in total. The van der Waals surface area contributed by atoms with Gasteiger partial charge in [0.1, 0.15) is 0 Å². The first-order valence-corrected chi connectivity index (χ1v) is 8.81. The van der Waals surface area contributed by atoms with Gasteiger partial charge in [-0.1, -0.05) is 19.9 Å². The maximum atomic E-state index is 12.5. The fourth-order valence-corrected chi connectivity index (χ4v) is 2.53. The molecule has 0 bridgehead atoms. The smallest absolute Gasteiger partial charge is 0.259 e. The first kappa shape index (κ1) is 21.8. The van der Waals surface area contributed by atoms with Crippen LogP contribution in [0.25, 0.3) is 0 Å². The minimum atomic E-state index is -0.528. The van der Waals surface area contributed by atoms with E-state index in [9.17, 15) is 9.59 Å². The normalized spacial score (nSPS) is 11.0. The molecule has 0 saturated heterocycles. The van der Waals surface area contributed by atoms with Crippen LogP contribution in [0.4, 0.5) is 0 Å². The van der Waals surface area contributed by atoms with E-state index < -0.39 is 5.41 Å². The molecular formula is C19H31N3O4. The highest BCUT2D eigenvalue weighted by Gasteiger charge is 2.32. The Labute approximate surface area is 155 Å². The lowest BCUT2D eigenvalue weighted by Gasteiger charge is -2.28. The zero-order valence-electron chi connectivity index (χ0n) is 16.4. The lowest BCUT2D eigenvalue weighted by molar-refractivity contribution is -0.131. The van der Waals surface area contributed by atoms with Crippen LogP contribution in [0.1, 0.15) is 32.3 Å². The third-order valence-electron chi connectivity index (χ3n) is 4.76. The van der Waals surface area contributed by atoms with Crippen molar-refractivity contribution in [3.05, 3.63) is 23.8 Å². The van der Waals surface area contributed by atoms with Gasteiger partial charge in [-0.3, -0.25) is 9.59 Å². The molecule has 7 heteroatoms. The van der Waals surface area contributed by atoms with E-state index in [4.69, 9.17) is 15.2 Å². The van der Waals surface area contributed by atoms with E-state index in [0.717, 1.165) is 5.56 Å². The second-order valence-electron chi connectivity index (χ2n) is 6.44. The van der Waals surface area contributed by atoms with Gasteiger partial charge in [0.2, 0.25) is 5.91 Å². The van der Waals surface area contributed by atoms with Crippen LogP contribution in [-0.4, -0.2) is 51.1 Å². The van der Waals surface area contributed by atoms with Crippen molar-refractivity contribution >= 4 is 11.8 Å². The fraction of sp³-hybridized carbons (Fsp3) is 0.579. The Morgan fingerprint density at radius 3 is 2.35 bits per heavy atom. The van der Waals surface area contributed by atoms with E-state index in [1.54, 1.807) is 26.2 Å². The van der Waals surface area contributed by atoms with Gasteiger partial charge in [-0.2, -0.15) is 0 Å². The van der Waals surface area contributed by atoms with Crippen molar-refractivity contribution in [1.29, 1.82) is 0 Å². The lowest BCUT2D eigenvalue weighted by atomic mass is 9.81. The van der Waals surface area contributed by atoms with Crippen molar-refractivity contribution in [3.63, 3.8) is 0 Å². The number of nitrogens with one attached hydrogen (secondary N) is 1.